The maximum absolute atomic E-state index is 2.53. The van der Waals surface area contributed by atoms with E-state index in [0.717, 1.165) is 0 Å². The summed E-state index contributed by atoms with van der Waals surface area (Å²) < 4.78 is 0. The number of fused-ring (bicyclic) bond motifs is 6. The molecule has 0 nitrogen and oxygen atoms in total. The van der Waals surface area contributed by atoms with E-state index in [1.54, 1.807) is 55.7 Å². The smallest absolute Gasteiger partial charge is 0.0513 e. The van der Waals surface area contributed by atoms with E-state index in [-0.39, 0.29) is 0 Å². The number of unbranched alkanes of at least 4 members (excludes halogenated alkanes) is 2. The lowest BCUT2D eigenvalue weighted by atomic mass is 9.88. The van der Waals surface area contributed by atoms with Crippen molar-refractivity contribution in [3.8, 4) is 0 Å². The van der Waals surface area contributed by atoms with E-state index in [1.165, 1.54) is 57.1 Å². The summed E-state index contributed by atoms with van der Waals surface area (Å²) in [4.78, 5) is 0. The standard InChI is InChI=1S/C35H44S/c1-22-16-29-27(13-11-24-18-34(3,4)20-31(24)29)26(22)10-8-7-9-15-36-33-23(2)17-30-28(33)14-12-25-19-35(5,6)21-32(25)30/h11-14,16-17,26,33H,7-10,15,18-21H2,1-6H3. The van der Waals surface area contributed by atoms with Gasteiger partial charge in [0, 0.05) is 5.92 Å². The van der Waals surface area contributed by atoms with Gasteiger partial charge in [0.1, 0.15) is 0 Å². The van der Waals surface area contributed by atoms with Crippen LogP contribution in [-0.4, -0.2) is 5.75 Å². The molecule has 0 aliphatic heterocycles. The molecule has 0 radical (unpaired) electrons. The molecule has 6 rings (SSSR count). The highest BCUT2D eigenvalue weighted by Gasteiger charge is 2.35. The van der Waals surface area contributed by atoms with Crippen molar-refractivity contribution in [2.24, 2.45) is 10.8 Å². The van der Waals surface area contributed by atoms with Crippen molar-refractivity contribution >= 4 is 23.9 Å². The van der Waals surface area contributed by atoms with Crippen LogP contribution in [0.15, 0.2) is 35.4 Å². The van der Waals surface area contributed by atoms with Gasteiger partial charge in [-0.1, -0.05) is 88.1 Å². The molecule has 1 heteroatoms. The summed E-state index contributed by atoms with van der Waals surface area (Å²) in [5.41, 5.74) is 16.9. The molecule has 0 amide bonds. The fraction of sp³-hybridized carbons (Fsp3) is 0.543. The summed E-state index contributed by atoms with van der Waals surface area (Å²) in [6.45, 7) is 14.4. The number of thioether (sulfide) groups is 1. The Morgan fingerprint density at radius 1 is 0.694 bits per heavy atom. The minimum Gasteiger partial charge on any atom is -0.149 e. The predicted molar refractivity (Wildman–Crippen MR) is 159 cm³/mol. The van der Waals surface area contributed by atoms with E-state index >= 15 is 0 Å². The quantitative estimate of drug-likeness (QED) is 0.344. The van der Waals surface area contributed by atoms with Gasteiger partial charge < -0.3 is 0 Å². The Labute approximate surface area is 224 Å². The SMILES string of the molecule is CC1=Cc2c(ccc3c2CC(C)(C)C3)C1CCCCCSC1C(C)=Cc2c1ccc1c2CC(C)(C)C1. The van der Waals surface area contributed by atoms with E-state index in [9.17, 15) is 0 Å². The topological polar surface area (TPSA) is 0 Å². The first kappa shape index (κ1) is 24.6. The summed E-state index contributed by atoms with van der Waals surface area (Å²) in [5.74, 6) is 1.93. The van der Waals surface area contributed by atoms with Crippen molar-refractivity contribution in [1.82, 2.24) is 0 Å². The Bertz CT molecular complexity index is 1170. The number of allylic oxidation sites excluding steroid dienone is 1. The molecule has 0 saturated heterocycles. The minimum atomic E-state index is 0.425. The van der Waals surface area contributed by atoms with Crippen molar-refractivity contribution in [3.63, 3.8) is 0 Å². The van der Waals surface area contributed by atoms with E-state index in [2.05, 4.69) is 89.7 Å². The lowest BCUT2D eigenvalue weighted by molar-refractivity contribution is 0.392. The highest BCUT2D eigenvalue weighted by molar-refractivity contribution is 7.99. The Hall–Kier alpha value is -1.73. The molecule has 0 heterocycles. The zero-order valence-electron chi connectivity index (χ0n) is 23.4. The Balaban J connectivity index is 1.02. The second-order valence-electron chi connectivity index (χ2n) is 13.9. The van der Waals surface area contributed by atoms with Gasteiger partial charge in [0.15, 0.2) is 0 Å². The van der Waals surface area contributed by atoms with E-state index < -0.39 is 0 Å². The number of hydrogen-bond acceptors (Lipinski definition) is 1. The molecule has 2 aromatic carbocycles. The third kappa shape index (κ3) is 4.34. The van der Waals surface area contributed by atoms with Gasteiger partial charge in [0.25, 0.3) is 0 Å². The van der Waals surface area contributed by atoms with Crippen molar-refractivity contribution in [1.29, 1.82) is 0 Å². The highest BCUT2D eigenvalue weighted by atomic mass is 32.2. The molecule has 0 bridgehead atoms. The zero-order chi connectivity index (χ0) is 25.2. The number of rotatable bonds is 7. The molecule has 0 N–H and O–H groups in total. The molecular weight excluding hydrogens is 452 g/mol. The van der Waals surface area contributed by atoms with Crippen LogP contribution in [0.3, 0.4) is 0 Å². The average molecular weight is 497 g/mol. The van der Waals surface area contributed by atoms with Crippen LogP contribution in [0.5, 0.6) is 0 Å². The molecule has 2 atom stereocenters. The fourth-order valence-electron chi connectivity index (χ4n) is 7.75. The van der Waals surface area contributed by atoms with E-state index in [1.807, 2.05) is 0 Å². The molecule has 0 saturated carbocycles. The van der Waals surface area contributed by atoms with Crippen molar-refractivity contribution in [2.75, 3.05) is 5.75 Å². The van der Waals surface area contributed by atoms with Crippen LogP contribution in [0.25, 0.3) is 12.2 Å². The maximum atomic E-state index is 2.53. The van der Waals surface area contributed by atoms with E-state index in [4.69, 9.17) is 0 Å². The molecule has 190 valence electrons. The van der Waals surface area contributed by atoms with Crippen LogP contribution in [0.1, 0.15) is 123 Å². The minimum absolute atomic E-state index is 0.425. The fourth-order valence-corrected chi connectivity index (χ4v) is 9.07. The number of benzene rings is 2. The molecular formula is C35H44S. The van der Waals surface area contributed by atoms with Crippen LogP contribution >= 0.6 is 11.8 Å². The molecule has 0 aromatic heterocycles. The Morgan fingerprint density at radius 2 is 1.28 bits per heavy atom. The molecule has 36 heavy (non-hydrogen) atoms. The van der Waals surface area contributed by atoms with Gasteiger partial charge in [-0.25, -0.2) is 0 Å². The zero-order valence-corrected chi connectivity index (χ0v) is 24.2. The molecule has 4 aliphatic carbocycles. The summed E-state index contributed by atoms with van der Waals surface area (Å²) in [5, 5.41) is 0.576. The Kier molecular flexibility index (Phi) is 6.11. The average Bonchev–Trinajstić information content (AvgIpc) is 3.49. The molecule has 2 aromatic rings. The summed E-state index contributed by atoms with van der Waals surface area (Å²) in [6.07, 6.45) is 15.4. The molecule has 4 aliphatic rings. The van der Waals surface area contributed by atoms with Crippen LogP contribution in [-0.2, 0) is 25.7 Å². The van der Waals surface area contributed by atoms with E-state index in [0.29, 0.717) is 22.0 Å². The van der Waals surface area contributed by atoms with Gasteiger partial charge in [0.05, 0.1) is 5.25 Å². The van der Waals surface area contributed by atoms with Crippen molar-refractivity contribution in [3.05, 3.63) is 79.9 Å². The van der Waals surface area contributed by atoms with Crippen molar-refractivity contribution in [2.45, 2.75) is 104 Å². The van der Waals surface area contributed by atoms with Gasteiger partial charge in [-0.3, -0.25) is 0 Å². The maximum Gasteiger partial charge on any atom is 0.0513 e. The van der Waals surface area contributed by atoms with Gasteiger partial charge in [-0.15, -0.1) is 11.8 Å². The molecule has 0 fully saturated rings. The predicted octanol–water partition coefficient (Wildman–Crippen LogP) is 9.89. The highest BCUT2D eigenvalue weighted by Crippen LogP contribution is 2.50. The Morgan fingerprint density at radius 3 is 1.94 bits per heavy atom. The molecule has 2 unspecified atom stereocenters. The summed E-state index contributed by atoms with van der Waals surface area (Å²) >= 11 is 2.19. The number of hydrogen-bond donors (Lipinski definition) is 0. The lowest BCUT2D eigenvalue weighted by Crippen LogP contribution is -2.09. The van der Waals surface area contributed by atoms with Crippen LogP contribution in [0.4, 0.5) is 0 Å². The first-order chi connectivity index (χ1) is 17.1. The van der Waals surface area contributed by atoms with Crippen molar-refractivity contribution < 1.29 is 0 Å². The van der Waals surface area contributed by atoms with Crippen LogP contribution in [0.2, 0.25) is 0 Å². The van der Waals surface area contributed by atoms with Crippen LogP contribution in [0, 0.1) is 10.8 Å². The molecule has 0 spiro atoms. The second kappa shape index (κ2) is 8.93. The summed E-state index contributed by atoms with van der Waals surface area (Å²) in [7, 11) is 0. The van der Waals surface area contributed by atoms with Crippen LogP contribution < -0.4 is 0 Å². The first-order valence-corrected chi connectivity index (χ1v) is 15.4. The van der Waals surface area contributed by atoms with Gasteiger partial charge in [-0.05, 0) is 113 Å². The first-order valence-electron chi connectivity index (χ1n) is 14.4. The normalized spacial score (nSPS) is 24.3. The van der Waals surface area contributed by atoms with Gasteiger partial charge >= 0.3 is 0 Å². The monoisotopic (exact) mass is 496 g/mol. The second-order valence-corrected chi connectivity index (χ2v) is 15.1. The largest absolute Gasteiger partial charge is 0.149 e. The summed E-state index contributed by atoms with van der Waals surface area (Å²) in [6, 6.07) is 9.80. The van der Waals surface area contributed by atoms with Gasteiger partial charge in [0.2, 0.25) is 0 Å². The third-order valence-corrected chi connectivity index (χ3v) is 10.9. The third-order valence-electron chi connectivity index (χ3n) is 9.41. The lowest BCUT2D eigenvalue weighted by Gasteiger charge is -2.17. The van der Waals surface area contributed by atoms with Gasteiger partial charge in [-0.2, -0.15) is 0 Å².